The molecule has 0 unspecified atom stereocenters. The summed E-state index contributed by atoms with van der Waals surface area (Å²) in [7, 11) is 0. The molecule has 0 aromatic heterocycles. The summed E-state index contributed by atoms with van der Waals surface area (Å²) < 4.78 is 13.4. The van der Waals surface area contributed by atoms with Crippen LogP contribution in [0.25, 0.3) is 6.08 Å². The van der Waals surface area contributed by atoms with E-state index in [9.17, 15) is 14.0 Å². The number of hydrogen-bond acceptors (Lipinski definition) is 4. The van der Waals surface area contributed by atoms with Crippen LogP contribution in [0.4, 0.5) is 15.8 Å². The van der Waals surface area contributed by atoms with E-state index in [1.807, 2.05) is 61.5 Å². The minimum atomic E-state index is -0.399. The van der Waals surface area contributed by atoms with E-state index in [-0.39, 0.29) is 23.3 Å². The predicted molar refractivity (Wildman–Crippen MR) is 128 cm³/mol. The minimum Gasteiger partial charge on any atom is -0.325 e. The van der Waals surface area contributed by atoms with Gasteiger partial charge in [-0.3, -0.25) is 14.5 Å². The number of thioether (sulfide) groups is 1. The van der Waals surface area contributed by atoms with Gasteiger partial charge in [-0.25, -0.2) is 9.38 Å². The van der Waals surface area contributed by atoms with E-state index >= 15 is 0 Å². The van der Waals surface area contributed by atoms with Gasteiger partial charge in [0.25, 0.3) is 5.91 Å². The largest absolute Gasteiger partial charge is 0.325 e. The van der Waals surface area contributed by atoms with Crippen LogP contribution in [-0.4, -0.2) is 22.7 Å². The summed E-state index contributed by atoms with van der Waals surface area (Å²) >= 11 is 1.15. The van der Waals surface area contributed by atoms with Gasteiger partial charge < -0.3 is 5.32 Å². The molecule has 1 N–H and O–H groups in total. The third-order valence-corrected chi connectivity index (χ3v) is 5.59. The van der Waals surface area contributed by atoms with Gasteiger partial charge in [0.1, 0.15) is 11.5 Å². The van der Waals surface area contributed by atoms with Crippen LogP contribution in [0.1, 0.15) is 11.1 Å². The second-order valence-corrected chi connectivity index (χ2v) is 8.10. The van der Waals surface area contributed by atoms with Crippen LogP contribution in [0.5, 0.6) is 0 Å². The fourth-order valence-electron chi connectivity index (χ4n) is 3.17. The molecule has 0 atom stereocenters. The number of aliphatic imine (C=N–C) groups is 1. The molecule has 3 aromatic carbocycles. The zero-order chi connectivity index (χ0) is 22.5. The van der Waals surface area contributed by atoms with Crippen LogP contribution in [-0.2, 0) is 9.59 Å². The minimum absolute atomic E-state index is 0.0658. The Hall–Kier alpha value is -3.71. The molecule has 4 rings (SSSR count). The average Bonchev–Trinajstić information content (AvgIpc) is 3.09. The molecule has 1 aliphatic rings. The van der Waals surface area contributed by atoms with Crippen molar-refractivity contribution in [2.75, 3.05) is 16.0 Å². The zero-order valence-electron chi connectivity index (χ0n) is 17.3. The van der Waals surface area contributed by atoms with Crippen molar-refractivity contribution >= 4 is 46.2 Å². The monoisotopic (exact) mass is 445 g/mol. The number of carbonyl (C=O) groups is 2. The second kappa shape index (κ2) is 9.62. The first kappa shape index (κ1) is 21.5. The summed E-state index contributed by atoms with van der Waals surface area (Å²) in [6.07, 6.45) is 1.69. The summed E-state index contributed by atoms with van der Waals surface area (Å²) in [4.78, 5) is 31.5. The number of aryl methyl sites for hydroxylation is 1. The molecule has 0 saturated carbocycles. The van der Waals surface area contributed by atoms with Crippen molar-refractivity contribution in [1.29, 1.82) is 0 Å². The van der Waals surface area contributed by atoms with Crippen LogP contribution in [0.15, 0.2) is 89.6 Å². The van der Waals surface area contributed by atoms with Gasteiger partial charge in [-0.05, 0) is 60.5 Å². The number of anilines is 2. The number of rotatable bonds is 5. The normalized spacial score (nSPS) is 14.6. The summed E-state index contributed by atoms with van der Waals surface area (Å²) in [5.74, 6) is -0.877. The molecule has 0 fully saturated rings. The van der Waals surface area contributed by atoms with Crippen molar-refractivity contribution in [2.45, 2.75) is 6.92 Å². The Bertz CT molecular complexity index is 1210. The molecular formula is C25H20FN3O2S. The maximum absolute atomic E-state index is 13.4. The summed E-state index contributed by atoms with van der Waals surface area (Å²) in [6.45, 7) is 1.95. The van der Waals surface area contributed by atoms with E-state index in [2.05, 4.69) is 10.3 Å². The fourth-order valence-corrected chi connectivity index (χ4v) is 3.98. The van der Waals surface area contributed by atoms with Gasteiger partial charge in [0, 0.05) is 5.69 Å². The molecule has 0 bridgehead atoms. The average molecular weight is 446 g/mol. The summed E-state index contributed by atoms with van der Waals surface area (Å²) in [5.41, 5.74) is 3.32. The Morgan fingerprint density at radius 3 is 2.53 bits per heavy atom. The highest BCUT2D eigenvalue weighted by Crippen LogP contribution is 2.29. The molecule has 160 valence electrons. The van der Waals surface area contributed by atoms with Crippen molar-refractivity contribution in [3.8, 4) is 0 Å². The van der Waals surface area contributed by atoms with Gasteiger partial charge >= 0.3 is 0 Å². The molecule has 7 heteroatoms. The smallest absolute Gasteiger partial charge is 0.283 e. The lowest BCUT2D eigenvalue weighted by Gasteiger charge is -2.17. The van der Waals surface area contributed by atoms with Gasteiger partial charge in [-0.1, -0.05) is 54.2 Å². The highest BCUT2D eigenvalue weighted by molar-refractivity contribution is 8.14. The number of halogens is 1. The number of amidine groups is 1. The molecule has 1 heterocycles. The van der Waals surface area contributed by atoms with Gasteiger partial charge in [-0.15, -0.1) is 0 Å². The van der Waals surface area contributed by atoms with Crippen molar-refractivity contribution in [1.82, 2.24) is 0 Å². The molecule has 0 radical (unpaired) electrons. The number of amides is 2. The summed E-state index contributed by atoms with van der Waals surface area (Å²) in [5, 5.41) is 3.21. The highest BCUT2D eigenvalue weighted by atomic mass is 32.2. The first-order valence-corrected chi connectivity index (χ1v) is 10.9. The molecule has 1 aliphatic heterocycles. The van der Waals surface area contributed by atoms with E-state index in [0.29, 0.717) is 16.5 Å². The fraction of sp³-hybridized carbons (Fsp3) is 0.0800. The lowest BCUT2D eigenvalue weighted by atomic mass is 10.2. The van der Waals surface area contributed by atoms with Crippen LogP contribution >= 0.6 is 11.8 Å². The van der Waals surface area contributed by atoms with Gasteiger partial charge in [0.05, 0.1) is 11.4 Å². The van der Waals surface area contributed by atoms with E-state index in [1.165, 1.54) is 29.2 Å². The van der Waals surface area contributed by atoms with E-state index in [1.54, 1.807) is 6.08 Å². The van der Waals surface area contributed by atoms with E-state index in [0.717, 1.165) is 22.9 Å². The molecule has 2 amide bonds. The predicted octanol–water partition coefficient (Wildman–Crippen LogP) is 5.25. The Morgan fingerprint density at radius 1 is 1.06 bits per heavy atom. The quantitative estimate of drug-likeness (QED) is 0.546. The zero-order valence-corrected chi connectivity index (χ0v) is 18.1. The number of hydrogen-bond donors (Lipinski definition) is 1. The molecule has 0 aliphatic carbocycles. The number of carbonyl (C=O) groups excluding carboxylic acids is 2. The van der Waals surface area contributed by atoms with Crippen LogP contribution in [0.3, 0.4) is 0 Å². The Balaban J connectivity index is 1.56. The van der Waals surface area contributed by atoms with E-state index in [4.69, 9.17) is 0 Å². The van der Waals surface area contributed by atoms with Crippen LogP contribution < -0.4 is 10.2 Å². The van der Waals surface area contributed by atoms with Crippen molar-refractivity contribution < 1.29 is 14.0 Å². The van der Waals surface area contributed by atoms with Gasteiger partial charge in [0.2, 0.25) is 5.91 Å². The standard InChI is InChI=1S/C25H20FN3O2S/c1-17-6-5-9-20(14-17)27-23(30)16-32-25-28-22(15-18-7-3-2-4-8-18)24(31)29(25)21-12-10-19(26)11-13-21/h2-15H,16H2,1H3,(H,27,30)/b22-15+. The molecule has 0 spiro atoms. The second-order valence-electron chi connectivity index (χ2n) is 7.16. The van der Waals surface area contributed by atoms with Crippen molar-refractivity contribution in [3.63, 3.8) is 0 Å². The number of nitrogens with zero attached hydrogens (tertiary/aromatic N) is 2. The maximum atomic E-state index is 13.4. The van der Waals surface area contributed by atoms with Crippen LogP contribution in [0, 0.1) is 12.7 Å². The van der Waals surface area contributed by atoms with Crippen molar-refractivity contribution in [3.05, 3.63) is 102 Å². The Kier molecular flexibility index (Phi) is 6.47. The number of nitrogens with one attached hydrogen (secondary N) is 1. The lowest BCUT2D eigenvalue weighted by Crippen LogP contribution is -2.31. The SMILES string of the molecule is Cc1cccc(NC(=O)CSC2=N/C(=C/c3ccccc3)C(=O)N2c2ccc(F)cc2)c1. The summed E-state index contributed by atoms with van der Waals surface area (Å²) in [6, 6.07) is 22.5. The first-order chi connectivity index (χ1) is 15.5. The van der Waals surface area contributed by atoms with Crippen molar-refractivity contribution in [2.24, 2.45) is 4.99 Å². The first-order valence-electron chi connectivity index (χ1n) is 9.94. The Labute approximate surface area is 189 Å². The maximum Gasteiger partial charge on any atom is 0.283 e. The third-order valence-electron chi connectivity index (χ3n) is 4.65. The van der Waals surface area contributed by atoms with Gasteiger partial charge in [-0.2, -0.15) is 0 Å². The molecule has 5 nitrogen and oxygen atoms in total. The third kappa shape index (κ3) is 5.12. The van der Waals surface area contributed by atoms with E-state index < -0.39 is 5.82 Å². The Morgan fingerprint density at radius 2 is 1.81 bits per heavy atom. The molecule has 0 saturated heterocycles. The van der Waals surface area contributed by atoms with Gasteiger partial charge in [0.15, 0.2) is 5.17 Å². The molecular weight excluding hydrogens is 425 g/mol. The molecule has 32 heavy (non-hydrogen) atoms. The molecule has 3 aromatic rings. The lowest BCUT2D eigenvalue weighted by molar-refractivity contribution is -0.114. The number of benzene rings is 3. The highest BCUT2D eigenvalue weighted by Gasteiger charge is 2.32. The van der Waals surface area contributed by atoms with Crippen LogP contribution in [0.2, 0.25) is 0 Å². The topological polar surface area (TPSA) is 61.8 Å².